The molecule has 1 heterocycles. The fourth-order valence-electron chi connectivity index (χ4n) is 2.51. The second-order valence-electron chi connectivity index (χ2n) is 5.53. The van der Waals surface area contributed by atoms with Gasteiger partial charge in [-0.25, -0.2) is 14.8 Å². The Hall–Kier alpha value is -2.73. The van der Waals surface area contributed by atoms with Gasteiger partial charge in [0.1, 0.15) is 12.1 Å². The van der Waals surface area contributed by atoms with Crippen LogP contribution in [0.4, 0.5) is 5.82 Å². The van der Waals surface area contributed by atoms with Crippen LogP contribution < -0.4 is 5.32 Å². The van der Waals surface area contributed by atoms with Crippen molar-refractivity contribution in [3.63, 3.8) is 0 Å². The predicted molar refractivity (Wildman–Crippen MR) is 105 cm³/mol. The van der Waals surface area contributed by atoms with Crippen molar-refractivity contribution in [2.75, 3.05) is 11.9 Å². The number of rotatable bonds is 6. The summed E-state index contributed by atoms with van der Waals surface area (Å²) in [6.07, 6.45) is 1.35. The summed E-state index contributed by atoms with van der Waals surface area (Å²) < 4.78 is 5.50. The first-order chi connectivity index (χ1) is 12.7. The molecule has 132 valence electrons. The molecule has 0 fully saturated rings. The van der Waals surface area contributed by atoms with Crippen molar-refractivity contribution in [3.8, 4) is 11.1 Å². The quantitative estimate of drug-likeness (QED) is 0.595. The minimum atomic E-state index is -0.476. The Balaban J connectivity index is 1.76. The average Bonchev–Trinajstić information content (AvgIpc) is 2.68. The maximum absolute atomic E-state index is 11.9. The highest BCUT2D eigenvalue weighted by atomic mass is 79.9. The number of benzene rings is 2. The molecule has 5 nitrogen and oxygen atoms in total. The Bertz CT molecular complexity index is 901. The molecule has 1 N–H and O–H groups in total. The fraction of sp³-hybridized carbons (Fsp3) is 0.150. The Morgan fingerprint density at radius 1 is 1.08 bits per heavy atom. The number of hydrogen-bond donors (Lipinski definition) is 1. The lowest BCUT2D eigenvalue weighted by atomic mass is 10.0. The van der Waals surface area contributed by atoms with E-state index in [2.05, 4.69) is 55.5 Å². The number of carbonyl (C=O) groups excluding carboxylic acids is 1. The highest BCUT2D eigenvalue weighted by molar-refractivity contribution is 9.10. The average molecular weight is 412 g/mol. The third-order valence-corrected chi connectivity index (χ3v) is 4.50. The van der Waals surface area contributed by atoms with Gasteiger partial charge in [-0.3, -0.25) is 0 Å². The summed E-state index contributed by atoms with van der Waals surface area (Å²) >= 11 is 3.39. The molecule has 1 aromatic heterocycles. The molecule has 3 rings (SSSR count). The number of nitrogens with one attached hydrogen (secondary N) is 1. The molecule has 0 bridgehead atoms. The SMILES string of the molecule is CCOC(=O)c1ncnc(NCc2cccc(-c3ccccc3)c2)c1Br. The number of ether oxygens (including phenoxy) is 1. The number of hydrogen-bond acceptors (Lipinski definition) is 5. The van der Waals surface area contributed by atoms with Gasteiger partial charge in [-0.2, -0.15) is 0 Å². The Kier molecular flexibility index (Phi) is 5.96. The molecule has 0 unspecified atom stereocenters. The fourth-order valence-corrected chi connectivity index (χ4v) is 3.02. The first kappa shape index (κ1) is 18.1. The molecule has 0 saturated carbocycles. The van der Waals surface area contributed by atoms with Crippen LogP contribution in [0.25, 0.3) is 11.1 Å². The van der Waals surface area contributed by atoms with Crippen LogP contribution in [0.3, 0.4) is 0 Å². The number of aromatic nitrogens is 2. The Morgan fingerprint density at radius 2 is 1.85 bits per heavy atom. The summed E-state index contributed by atoms with van der Waals surface area (Å²) in [5.41, 5.74) is 3.64. The third-order valence-electron chi connectivity index (χ3n) is 3.75. The highest BCUT2D eigenvalue weighted by Crippen LogP contribution is 2.25. The van der Waals surface area contributed by atoms with Crippen LogP contribution in [-0.2, 0) is 11.3 Å². The van der Waals surface area contributed by atoms with E-state index in [1.54, 1.807) is 6.92 Å². The van der Waals surface area contributed by atoms with E-state index in [4.69, 9.17) is 4.74 Å². The maximum atomic E-state index is 11.9. The van der Waals surface area contributed by atoms with Crippen LogP contribution >= 0.6 is 15.9 Å². The van der Waals surface area contributed by atoms with E-state index in [1.807, 2.05) is 30.3 Å². The van der Waals surface area contributed by atoms with Gasteiger partial charge in [0.05, 0.1) is 11.1 Å². The monoisotopic (exact) mass is 411 g/mol. The summed E-state index contributed by atoms with van der Waals surface area (Å²) in [4.78, 5) is 20.1. The maximum Gasteiger partial charge on any atom is 0.358 e. The van der Waals surface area contributed by atoms with Crippen LogP contribution in [0.2, 0.25) is 0 Å². The van der Waals surface area contributed by atoms with Crippen LogP contribution in [0.15, 0.2) is 65.4 Å². The molecule has 0 aliphatic carbocycles. The molecule has 2 aromatic carbocycles. The van der Waals surface area contributed by atoms with Gasteiger partial charge in [0.2, 0.25) is 0 Å². The molecule has 6 heteroatoms. The smallest absolute Gasteiger partial charge is 0.358 e. The molecule has 0 amide bonds. The number of anilines is 1. The van der Waals surface area contributed by atoms with E-state index in [0.29, 0.717) is 23.4 Å². The first-order valence-corrected chi connectivity index (χ1v) is 9.04. The summed E-state index contributed by atoms with van der Waals surface area (Å²) in [5.74, 6) is 0.0732. The third kappa shape index (κ3) is 4.26. The van der Waals surface area contributed by atoms with Crippen molar-refractivity contribution >= 4 is 27.7 Å². The van der Waals surface area contributed by atoms with Gasteiger partial charge < -0.3 is 10.1 Å². The van der Waals surface area contributed by atoms with E-state index in [-0.39, 0.29) is 5.69 Å². The van der Waals surface area contributed by atoms with E-state index in [1.165, 1.54) is 11.9 Å². The van der Waals surface area contributed by atoms with Gasteiger partial charge in [-0.15, -0.1) is 0 Å². The zero-order valence-corrected chi connectivity index (χ0v) is 15.9. The summed E-state index contributed by atoms with van der Waals surface area (Å²) in [6, 6.07) is 18.5. The van der Waals surface area contributed by atoms with Gasteiger partial charge in [0.15, 0.2) is 5.69 Å². The van der Waals surface area contributed by atoms with Crippen molar-refractivity contribution in [1.29, 1.82) is 0 Å². The van der Waals surface area contributed by atoms with Crippen LogP contribution in [-0.4, -0.2) is 22.5 Å². The number of nitrogens with zero attached hydrogens (tertiary/aromatic N) is 2. The van der Waals surface area contributed by atoms with Crippen molar-refractivity contribution in [3.05, 3.63) is 76.7 Å². The van der Waals surface area contributed by atoms with E-state index < -0.39 is 5.97 Å². The molecule has 3 aromatic rings. The molecule has 0 aliphatic rings. The lowest BCUT2D eigenvalue weighted by molar-refractivity contribution is 0.0518. The van der Waals surface area contributed by atoms with Gasteiger partial charge in [-0.05, 0) is 45.6 Å². The molecule has 0 atom stereocenters. The second-order valence-corrected chi connectivity index (χ2v) is 6.32. The van der Waals surface area contributed by atoms with Gasteiger partial charge in [0, 0.05) is 6.54 Å². The van der Waals surface area contributed by atoms with Crippen molar-refractivity contribution in [2.24, 2.45) is 0 Å². The standard InChI is InChI=1S/C20H18BrN3O2/c1-2-26-20(25)18-17(21)19(24-13-23-18)22-12-14-7-6-10-16(11-14)15-8-4-3-5-9-15/h3-11,13H,2,12H2,1H3,(H,22,23,24). The lowest BCUT2D eigenvalue weighted by Crippen LogP contribution is -2.11. The summed E-state index contributed by atoms with van der Waals surface area (Å²) in [7, 11) is 0. The predicted octanol–water partition coefficient (Wildman–Crippen LogP) is 4.69. The van der Waals surface area contributed by atoms with Crippen LogP contribution in [0, 0.1) is 0 Å². The lowest BCUT2D eigenvalue weighted by Gasteiger charge is -2.11. The van der Waals surface area contributed by atoms with Crippen molar-refractivity contribution in [1.82, 2.24) is 9.97 Å². The van der Waals surface area contributed by atoms with E-state index in [9.17, 15) is 4.79 Å². The second kappa shape index (κ2) is 8.58. The number of esters is 1. The molecule has 0 aliphatic heterocycles. The minimum absolute atomic E-state index is 0.211. The Labute approximate surface area is 160 Å². The molecular weight excluding hydrogens is 394 g/mol. The first-order valence-electron chi connectivity index (χ1n) is 8.25. The zero-order chi connectivity index (χ0) is 18.4. The van der Waals surface area contributed by atoms with Crippen LogP contribution in [0.1, 0.15) is 23.0 Å². The largest absolute Gasteiger partial charge is 0.461 e. The zero-order valence-electron chi connectivity index (χ0n) is 14.3. The molecule has 26 heavy (non-hydrogen) atoms. The molecule has 0 radical (unpaired) electrons. The van der Waals surface area contributed by atoms with E-state index in [0.717, 1.165) is 11.1 Å². The van der Waals surface area contributed by atoms with Gasteiger partial charge in [0.25, 0.3) is 0 Å². The summed E-state index contributed by atoms with van der Waals surface area (Å²) in [6.45, 7) is 2.62. The molecule has 0 spiro atoms. The summed E-state index contributed by atoms with van der Waals surface area (Å²) in [5, 5.41) is 3.24. The molecular formula is C20H18BrN3O2. The Morgan fingerprint density at radius 3 is 2.62 bits per heavy atom. The topological polar surface area (TPSA) is 64.1 Å². The number of carbonyl (C=O) groups is 1. The normalized spacial score (nSPS) is 10.4. The molecule has 0 saturated heterocycles. The highest BCUT2D eigenvalue weighted by Gasteiger charge is 2.16. The van der Waals surface area contributed by atoms with E-state index >= 15 is 0 Å². The number of halogens is 1. The van der Waals surface area contributed by atoms with Crippen LogP contribution in [0.5, 0.6) is 0 Å². The van der Waals surface area contributed by atoms with Crippen molar-refractivity contribution in [2.45, 2.75) is 13.5 Å². The minimum Gasteiger partial charge on any atom is -0.461 e. The van der Waals surface area contributed by atoms with Gasteiger partial charge >= 0.3 is 5.97 Å². The van der Waals surface area contributed by atoms with Crippen molar-refractivity contribution < 1.29 is 9.53 Å². The van der Waals surface area contributed by atoms with Gasteiger partial charge in [-0.1, -0.05) is 48.5 Å².